The quantitative estimate of drug-likeness (QED) is 0.330. The minimum Gasteiger partial charge on any atom is -0.492 e. The maximum absolute atomic E-state index is 12.6. The van der Waals surface area contributed by atoms with Crippen molar-refractivity contribution in [3.05, 3.63) is 96.5 Å². The number of fused-ring (bicyclic) bond motifs is 1. The molecule has 2 N–H and O–H groups in total. The van der Waals surface area contributed by atoms with Gasteiger partial charge in [0, 0.05) is 36.8 Å². The summed E-state index contributed by atoms with van der Waals surface area (Å²) in [6, 6.07) is 23.5. The number of amides is 1. The summed E-state index contributed by atoms with van der Waals surface area (Å²) in [4.78, 5) is 27.7. The molecule has 0 radical (unpaired) electrons. The standard InChI is InChI=1S/C26H25N3O3.C2HF3O2/c30-25-16-21(18-29(25)13-14-31-22-9-2-1-3-10-22)28-26(20-8-6-12-27-17-20)24-15-19-7-4-5-11-23(19)32-24;3-2(4,5)1(6)7/h1-12,15,17,21,26,28H,13-14,16,18H2;(H,6,7). The number of hydrogen-bond acceptors (Lipinski definition) is 6. The molecule has 1 aliphatic heterocycles. The van der Waals surface area contributed by atoms with Gasteiger partial charge in [0.05, 0.1) is 12.6 Å². The van der Waals surface area contributed by atoms with Crippen LogP contribution in [0.25, 0.3) is 11.0 Å². The van der Waals surface area contributed by atoms with Crippen molar-refractivity contribution in [2.45, 2.75) is 24.7 Å². The van der Waals surface area contributed by atoms with E-state index in [0.29, 0.717) is 26.1 Å². The molecule has 11 heteroatoms. The third-order valence-electron chi connectivity index (χ3n) is 5.98. The molecular formula is C28H26F3N3O5. The molecule has 1 fully saturated rings. The molecule has 2 aromatic heterocycles. The van der Waals surface area contributed by atoms with E-state index < -0.39 is 12.1 Å². The van der Waals surface area contributed by atoms with E-state index in [1.165, 1.54) is 0 Å². The molecule has 0 spiro atoms. The summed E-state index contributed by atoms with van der Waals surface area (Å²) in [7, 11) is 0. The van der Waals surface area contributed by atoms with Gasteiger partial charge in [0.25, 0.3) is 0 Å². The Morgan fingerprint density at radius 2 is 1.85 bits per heavy atom. The number of carbonyl (C=O) groups excluding carboxylic acids is 1. The first kappa shape index (κ1) is 27.6. The van der Waals surface area contributed by atoms with Crippen molar-refractivity contribution in [2.24, 2.45) is 0 Å². The van der Waals surface area contributed by atoms with Crippen LogP contribution in [0.3, 0.4) is 0 Å². The van der Waals surface area contributed by atoms with Crippen LogP contribution in [0.4, 0.5) is 13.2 Å². The summed E-state index contributed by atoms with van der Waals surface area (Å²) in [5.41, 5.74) is 1.85. The van der Waals surface area contributed by atoms with Crippen LogP contribution >= 0.6 is 0 Å². The topological polar surface area (TPSA) is 105 Å². The zero-order chi connectivity index (χ0) is 27.8. The van der Waals surface area contributed by atoms with Gasteiger partial charge in [-0.2, -0.15) is 13.2 Å². The van der Waals surface area contributed by atoms with Crippen molar-refractivity contribution < 1.29 is 37.0 Å². The summed E-state index contributed by atoms with van der Waals surface area (Å²) < 4.78 is 43.7. The fraction of sp³-hybridized carbons (Fsp3) is 0.250. The fourth-order valence-electron chi connectivity index (χ4n) is 4.16. The van der Waals surface area contributed by atoms with E-state index in [4.69, 9.17) is 19.1 Å². The van der Waals surface area contributed by atoms with E-state index in [-0.39, 0.29) is 18.0 Å². The molecule has 2 atom stereocenters. The molecular weight excluding hydrogens is 515 g/mol. The van der Waals surface area contributed by atoms with Crippen molar-refractivity contribution in [1.82, 2.24) is 15.2 Å². The molecule has 4 aromatic rings. The number of aromatic nitrogens is 1. The highest BCUT2D eigenvalue weighted by Crippen LogP contribution is 2.29. The number of ether oxygens (including phenoxy) is 1. The number of para-hydroxylation sites is 2. The second-order valence-corrected chi connectivity index (χ2v) is 8.78. The summed E-state index contributed by atoms with van der Waals surface area (Å²) in [6.07, 6.45) is -1.04. The third-order valence-corrected chi connectivity index (χ3v) is 5.98. The Morgan fingerprint density at radius 1 is 1.13 bits per heavy atom. The second-order valence-electron chi connectivity index (χ2n) is 8.78. The molecule has 5 rings (SSSR count). The molecule has 1 aliphatic rings. The van der Waals surface area contributed by atoms with Gasteiger partial charge in [-0.25, -0.2) is 4.79 Å². The number of likely N-dealkylation sites (tertiary alicyclic amines) is 1. The molecule has 1 amide bonds. The van der Waals surface area contributed by atoms with Gasteiger partial charge in [0.15, 0.2) is 0 Å². The number of pyridine rings is 1. The Kier molecular flexibility index (Phi) is 8.82. The normalized spacial score (nSPS) is 16.0. The second kappa shape index (κ2) is 12.4. The Hall–Kier alpha value is -4.38. The van der Waals surface area contributed by atoms with Crippen molar-refractivity contribution >= 4 is 22.8 Å². The van der Waals surface area contributed by atoms with Gasteiger partial charge < -0.3 is 19.2 Å². The van der Waals surface area contributed by atoms with Gasteiger partial charge in [-0.3, -0.25) is 15.1 Å². The van der Waals surface area contributed by atoms with Gasteiger partial charge in [0.1, 0.15) is 23.7 Å². The minimum absolute atomic E-state index is 0.0117. The maximum atomic E-state index is 12.6. The third kappa shape index (κ3) is 7.57. The average Bonchev–Trinajstić information content (AvgIpc) is 3.51. The predicted octanol–water partition coefficient (Wildman–Crippen LogP) is 4.82. The van der Waals surface area contributed by atoms with Gasteiger partial charge in [-0.1, -0.05) is 42.5 Å². The monoisotopic (exact) mass is 541 g/mol. The molecule has 2 unspecified atom stereocenters. The molecule has 0 aliphatic carbocycles. The molecule has 0 saturated carbocycles. The molecule has 3 heterocycles. The maximum Gasteiger partial charge on any atom is 0.490 e. The van der Waals surface area contributed by atoms with Crippen molar-refractivity contribution in [1.29, 1.82) is 0 Å². The highest BCUT2D eigenvalue weighted by Gasteiger charge is 2.38. The van der Waals surface area contributed by atoms with Crippen molar-refractivity contribution in [2.75, 3.05) is 19.7 Å². The molecule has 1 saturated heterocycles. The molecule has 204 valence electrons. The summed E-state index contributed by atoms with van der Waals surface area (Å²) in [6.45, 7) is 1.67. The van der Waals surface area contributed by atoms with Crippen molar-refractivity contribution in [3.8, 4) is 5.75 Å². The first-order valence-corrected chi connectivity index (χ1v) is 12.1. The number of benzene rings is 2. The van der Waals surface area contributed by atoms with Gasteiger partial charge in [-0.15, -0.1) is 0 Å². The highest BCUT2D eigenvalue weighted by atomic mass is 19.4. The number of carboxylic acids is 1. The van der Waals surface area contributed by atoms with Crippen LogP contribution in [0.1, 0.15) is 23.8 Å². The molecule has 0 bridgehead atoms. The van der Waals surface area contributed by atoms with Crippen LogP contribution in [0.5, 0.6) is 5.75 Å². The van der Waals surface area contributed by atoms with Crippen LogP contribution in [-0.4, -0.2) is 58.8 Å². The van der Waals surface area contributed by atoms with Crippen LogP contribution < -0.4 is 10.1 Å². The van der Waals surface area contributed by atoms with Crippen LogP contribution in [-0.2, 0) is 9.59 Å². The number of halogens is 3. The first-order chi connectivity index (χ1) is 18.7. The van der Waals surface area contributed by atoms with Crippen LogP contribution in [0.2, 0.25) is 0 Å². The van der Waals surface area contributed by atoms with Gasteiger partial charge in [0.2, 0.25) is 5.91 Å². The zero-order valence-electron chi connectivity index (χ0n) is 20.7. The molecule has 39 heavy (non-hydrogen) atoms. The smallest absolute Gasteiger partial charge is 0.490 e. The lowest BCUT2D eigenvalue weighted by molar-refractivity contribution is -0.192. The number of carbonyl (C=O) groups is 2. The summed E-state index contributed by atoms with van der Waals surface area (Å²) in [5, 5.41) is 11.8. The van der Waals surface area contributed by atoms with E-state index in [0.717, 1.165) is 28.0 Å². The lowest BCUT2D eigenvalue weighted by atomic mass is 10.0. The predicted molar refractivity (Wildman–Crippen MR) is 136 cm³/mol. The van der Waals surface area contributed by atoms with E-state index in [9.17, 15) is 18.0 Å². The van der Waals surface area contributed by atoms with Crippen molar-refractivity contribution in [3.63, 3.8) is 0 Å². The van der Waals surface area contributed by atoms with E-state index in [2.05, 4.69) is 16.4 Å². The van der Waals surface area contributed by atoms with Gasteiger partial charge >= 0.3 is 12.1 Å². The lowest BCUT2D eigenvalue weighted by Crippen LogP contribution is -2.37. The number of rotatable bonds is 8. The number of hydrogen-bond donors (Lipinski definition) is 2. The van der Waals surface area contributed by atoms with Crippen LogP contribution in [0.15, 0.2) is 89.6 Å². The Morgan fingerprint density at radius 3 is 2.51 bits per heavy atom. The summed E-state index contributed by atoms with van der Waals surface area (Å²) in [5.74, 6) is -0.992. The Balaban J connectivity index is 0.000000448. The number of furan rings is 1. The largest absolute Gasteiger partial charge is 0.492 e. The van der Waals surface area contributed by atoms with E-state index >= 15 is 0 Å². The van der Waals surface area contributed by atoms with Crippen LogP contribution in [0, 0.1) is 0 Å². The number of alkyl halides is 3. The summed E-state index contributed by atoms with van der Waals surface area (Å²) >= 11 is 0. The minimum atomic E-state index is -5.08. The Labute approximate surface area is 222 Å². The molecule has 2 aromatic carbocycles. The number of nitrogens with zero attached hydrogens (tertiary/aromatic N) is 2. The lowest BCUT2D eigenvalue weighted by Gasteiger charge is -2.22. The van der Waals surface area contributed by atoms with E-state index in [1.807, 2.05) is 77.8 Å². The molecule has 8 nitrogen and oxygen atoms in total. The number of aliphatic carboxylic acids is 1. The highest BCUT2D eigenvalue weighted by molar-refractivity contribution is 5.79. The Bertz CT molecular complexity index is 1350. The SMILES string of the molecule is O=C(O)C(F)(F)F.O=C1CC(NC(c2cccnc2)c2cc3ccccc3o2)CN1CCOc1ccccc1. The number of carboxylic acid groups (broad SMARTS) is 1. The average molecular weight is 542 g/mol. The first-order valence-electron chi connectivity index (χ1n) is 12.1. The number of nitrogens with one attached hydrogen (secondary N) is 1. The van der Waals surface area contributed by atoms with E-state index in [1.54, 1.807) is 6.20 Å². The van der Waals surface area contributed by atoms with Gasteiger partial charge in [-0.05, 0) is 35.9 Å². The fourth-order valence-corrected chi connectivity index (χ4v) is 4.16. The zero-order valence-corrected chi connectivity index (χ0v) is 20.7.